The highest BCUT2D eigenvalue weighted by molar-refractivity contribution is 5.40. The van der Waals surface area contributed by atoms with Crippen molar-refractivity contribution >= 4 is 11.9 Å². The van der Waals surface area contributed by atoms with E-state index < -0.39 is 0 Å². The van der Waals surface area contributed by atoms with E-state index in [0.29, 0.717) is 12.0 Å². The second-order valence-electron chi connectivity index (χ2n) is 6.20. The van der Waals surface area contributed by atoms with Gasteiger partial charge < -0.3 is 14.9 Å². The molecule has 118 valence electrons. The van der Waals surface area contributed by atoms with Crippen molar-refractivity contribution in [3.63, 3.8) is 0 Å². The van der Waals surface area contributed by atoms with Gasteiger partial charge in [0.05, 0.1) is 0 Å². The molecule has 2 rings (SSSR count). The Hall–Kier alpha value is -1.43. The van der Waals surface area contributed by atoms with Crippen LogP contribution in [-0.2, 0) is 0 Å². The van der Waals surface area contributed by atoms with Crippen molar-refractivity contribution in [2.24, 2.45) is 0 Å². The summed E-state index contributed by atoms with van der Waals surface area (Å²) in [6.07, 6.45) is 4.24. The van der Waals surface area contributed by atoms with Gasteiger partial charge in [-0.1, -0.05) is 13.8 Å². The molecule has 21 heavy (non-hydrogen) atoms. The molecule has 1 saturated heterocycles. The van der Waals surface area contributed by atoms with Crippen molar-refractivity contribution in [2.75, 3.05) is 37.0 Å². The number of hydrogen-bond donors (Lipinski definition) is 1. The molecule has 0 radical (unpaired) electrons. The molecule has 1 fully saturated rings. The van der Waals surface area contributed by atoms with E-state index >= 15 is 0 Å². The van der Waals surface area contributed by atoms with E-state index in [9.17, 15) is 5.11 Å². The lowest BCUT2D eigenvalue weighted by atomic mass is 10.0. The maximum Gasteiger partial charge on any atom is 0.230 e. The standard InChI is InChI=1S/C15H27N5O/c1-11(2)13-16-14(19(3)4)18-15(17-13)20-9-6-5-7-12(20)8-10-21/h11-12,21H,5-10H2,1-4H3. The fraction of sp³-hybridized carbons (Fsp3) is 0.800. The Morgan fingerprint density at radius 1 is 1.24 bits per heavy atom. The maximum atomic E-state index is 9.28. The third-order valence-electron chi connectivity index (χ3n) is 3.89. The third-order valence-corrected chi connectivity index (χ3v) is 3.89. The summed E-state index contributed by atoms with van der Waals surface area (Å²) in [4.78, 5) is 18.0. The summed E-state index contributed by atoms with van der Waals surface area (Å²) in [5.41, 5.74) is 0. The van der Waals surface area contributed by atoms with Crippen molar-refractivity contribution in [1.29, 1.82) is 0 Å². The quantitative estimate of drug-likeness (QED) is 0.893. The zero-order chi connectivity index (χ0) is 15.4. The molecule has 0 spiro atoms. The molecule has 0 amide bonds. The fourth-order valence-corrected chi connectivity index (χ4v) is 2.67. The molecule has 2 heterocycles. The fourth-order valence-electron chi connectivity index (χ4n) is 2.67. The summed E-state index contributed by atoms with van der Waals surface area (Å²) in [5.74, 6) is 2.57. The minimum atomic E-state index is 0.212. The number of aromatic nitrogens is 3. The van der Waals surface area contributed by atoms with Crippen LogP contribution in [0.1, 0.15) is 51.3 Å². The molecule has 6 nitrogen and oxygen atoms in total. The molecule has 0 saturated carbocycles. The lowest BCUT2D eigenvalue weighted by Gasteiger charge is -2.36. The largest absolute Gasteiger partial charge is 0.396 e. The number of aliphatic hydroxyl groups excluding tert-OH is 1. The lowest BCUT2D eigenvalue weighted by molar-refractivity contribution is 0.261. The number of rotatable bonds is 5. The topological polar surface area (TPSA) is 65.4 Å². The Bertz CT molecular complexity index is 435. The molecule has 1 atom stereocenters. The maximum absolute atomic E-state index is 9.28. The molecule has 1 unspecified atom stereocenters. The molecular weight excluding hydrogens is 266 g/mol. The van der Waals surface area contributed by atoms with Crippen LogP contribution in [0, 0.1) is 0 Å². The van der Waals surface area contributed by atoms with Gasteiger partial charge in [-0.3, -0.25) is 0 Å². The van der Waals surface area contributed by atoms with Crippen LogP contribution >= 0.6 is 0 Å². The van der Waals surface area contributed by atoms with Crippen LogP contribution in [0.2, 0.25) is 0 Å². The number of nitrogens with zero attached hydrogens (tertiary/aromatic N) is 5. The van der Waals surface area contributed by atoms with Crippen LogP contribution in [0.5, 0.6) is 0 Å². The van der Waals surface area contributed by atoms with Gasteiger partial charge in [-0.05, 0) is 25.7 Å². The van der Waals surface area contributed by atoms with E-state index in [0.717, 1.165) is 37.6 Å². The summed E-state index contributed by atoms with van der Waals surface area (Å²) >= 11 is 0. The van der Waals surface area contributed by atoms with Gasteiger partial charge in [0.15, 0.2) is 0 Å². The van der Waals surface area contributed by atoms with Gasteiger partial charge in [0.25, 0.3) is 0 Å². The Morgan fingerprint density at radius 3 is 2.62 bits per heavy atom. The van der Waals surface area contributed by atoms with E-state index in [4.69, 9.17) is 0 Å². The molecule has 1 aromatic heterocycles. The zero-order valence-corrected chi connectivity index (χ0v) is 13.6. The highest BCUT2D eigenvalue weighted by Gasteiger charge is 2.25. The van der Waals surface area contributed by atoms with Gasteiger partial charge in [-0.2, -0.15) is 15.0 Å². The first kappa shape index (κ1) is 15.9. The number of anilines is 2. The SMILES string of the molecule is CC(C)c1nc(N(C)C)nc(N2CCCCC2CCO)n1. The number of piperidine rings is 1. The van der Waals surface area contributed by atoms with Crippen LogP contribution in [0.15, 0.2) is 0 Å². The van der Waals surface area contributed by atoms with Crippen LogP contribution < -0.4 is 9.80 Å². The molecule has 0 aliphatic carbocycles. The predicted molar refractivity (Wildman–Crippen MR) is 84.9 cm³/mol. The van der Waals surface area contributed by atoms with Gasteiger partial charge >= 0.3 is 0 Å². The normalized spacial score (nSPS) is 19.1. The Labute approximate surface area is 127 Å². The van der Waals surface area contributed by atoms with E-state index in [-0.39, 0.29) is 12.5 Å². The average Bonchev–Trinajstić information content (AvgIpc) is 2.47. The van der Waals surface area contributed by atoms with Gasteiger partial charge in [0.1, 0.15) is 5.82 Å². The molecule has 1 aliphatic heterocycles. The summed E-state index contributed by atoms with van der Waals surface area (Å²) in [6, 6.07) is 0.334. The van der Waals surface area contributed by atoms with E-state index in [1.165, 1.54) is 6.42 Å². The van der Waals surface area contributed by atoms with Crippen LogP contribution in [0.25, 0.3) is 0 Å². The summed E-state index contributed by atoms with van der Waals surface area (Å²) in [5, 5.41) is 9.28. The van der Waals surface area contributed by atoms with Crippen molar-refractivity contribution in [3.8, 4) is 0 Å². The van der Waals surface area contributed by atoms with Gasteiger partial charge in [0.2, 0.25) is 11.9 Å². The Kier molecular flexibility index (Phi) is 5.33. The van der Waals surface area contributed by atoms with Crippen molar-refractivity contribution in [2.45, 2.75) is 51.5 Å². The highest BCUT2D eigenvalue weighted by Crippen LogP contribution is 2.26. The average molecular weight is 293 g/mol. The molecule has 0 aromatic carbocycles. The molecule has 1 N–H and O–H groups in total. The van der Waals surface area contributed by atoms with E-state index in [1.54, 1.807) is 0 Å². The van der Waals surface area contributed by atoms with Crippen LogP contribution in [0.3, 0.4) is 0 Å². The second-order valence-corrected chi connectivity index (χ2v) is 6.20. The molecule has 0 bridgehead atoms. The van der Waals surface area contributed by atoms with Crippen LogP contribution in [0.4, 0.5) is 11.9 Å². The summed E-state index contributed by atoms with van der Waals surface area (Å²) in [6.45, 7) is 5.36. The Balaban J connectivity index is 2.35. The molecule has 6 heteroatoms. The Morgan fingerprint density at radius 2 is 2.00 bits per heavy atom. The first-order chi connectivity index (χ1) is 10.0. The van der Waals surface area contributed by atoms with Gasteiger partial charge in [-0.25, -0.2) is 0 Å². The van der Waals surface area contributed by atoms with Crippen molar-refractivity contribution in [3.05, 3.63) is 5.82 Å². The van der Waals surface area contributed by atoms with Gasteiger partial charge in [-0.15, -0.1) is 0 Å². The number of hydrogen-bond acceptors (Lipinski definition) is 6. The monoisotopic (exact) mass is 293 g/mol. The first-order valence-corrected chi connectivity index (χ1v) is 7.83. The zero-order valence-electron chi connectivity index (χ0n) is 13.6. The first-order valence-electron chi connectivity index (χ1n) is 7.83. The van der Waals surface area contributed by atoms with E-state index in [2.05, 4.69) is 33.7 Å². The lowest BCUT2D eigenvalue weighted by Crippen LogP contribution is -2.41. The number of aliphatic hydroxyl groups is 1. The van der Waals surface area contributed by atoms with E-state index in [1.807, 2.05) is 19.0 Å². The molecule has 1 aromatic rings. The predicted octanol–water partition coefficient (Wildman–Crippen LogP) is 1.80. The van der Waals surface area contributed by atoms with Gasteiger partial charge in [0, 0.05) is 39.2 Å². The molecular formula is C15H27N5O. The van der Waals surface area contributed by atoms with Crippen molar-refractivity contribution < 1.29 is 5.11 Å². The highest BCUT2D eigenvalue weighted by atomic mass is 16.3. The summed E-state index contributed by atoms with van der Waals surface area (Å²) in [7, 11) is 3.90. The molecule has 1 aliphatic rings. The minimum absolute atomic E-state index is 0.212. The third kappa shape index (κ3) is 3.81. The summed E-state index contributed by atoms with van der Waals surface area (Å²) < 4.78 is 0. The van der Waals surface area contributed by atoms with Crippen LogP contribution in [-0.4, -0.2) is 53.3 Å². The smallest absolute Gasteiger partial charge is 0.230 e. The van der Waals surface area contributed by atoms with Crippen molar-refractivity contribution in [1.82, 2.24) is 15.0 Å². The minimum Gasteiger partial charge on any atom is -0.396 e. The second kappa shape index (κ2) is 7.02.